The highest BCUT2D eigenvalue weighted by Crippen LogP contribution is 2.38. The Morgan fingerprint density at radius 1 is 0.821 bits per heavy atom. The van der Waals surface area contributed by atoms with E-state index in [0.717, 1.165) is 34.9 Å². The molecular weight excluding hydrogens is 514 g/mol. The number of Topliss-reactive ketones (excluding diaryl/α,β-unsaturated/α-hetero) is 3. The molecule has 0 fully saturated rings. The van der Waals surface area contributed by atoms with Crippen molar-refractivity contribution in [1.82, 2.24) is 15.1 Å². The SMILES string of the molecule is CC[C@H](C)[C@H](NC)C(=O)[C@@](C(=O)[C@](C)(C(=O)[C@](C)(O)C(=O)O)N(C)C(=O)[C@@H](C)O)(C(C)C)N(C)C(=O)[C@@H](C)O. The van der Waals surface area contributed by atoms with E-state index in [4.69, 9.17) is 0 Å². The van der Waals surface area contributed by atoms with Gasteiger partial charge in [-0.3, -0.25) is 24.0 Å². The number of likely N-dealkylation sites (N-methyl/N-ethyl adjacent to an activating group) is 3. The highest BCUT2D eigenvalue weighted by atomic mass is 16.4. The highest BCUT2D eigenvalue weighted by Gasteiger charge is 2.66. The van der Waals surface area contributed by atoms with Gasteiger partial charge in [0.05, 0.1) is 6.04 Å². The Morgan fingerprint density at radius 3 is 1.54 bits per heavy atom. The van der Waals surface area contributed by atoms with Crippen LogP contribution in [0.4, 0.5) is 0 Å². The van der Waals surface area contributed by atoms with Gasteiger partial charge in [-0.1, -0.05) is 34.1 Å². The Balaban J connectivity index is 8.05. The Bertz CT molecular complexity index is 977. The molecule has 0 aliphatic rings. The predicted molar refractivity (Wildman–Crippen MR) is 140 cm³/mol. The summed E-state index contributed by atoms with van der Waals surface area (Å²) >= 11 is 0. The van der Waals surface area contributed by atoms with Gasteiger partial charge in [0, 0.05) is 14.1 Å². The van der Waals surface area contributed by atoms with Crippen LogP contribution in [0.2, 0.25) is 0 Å². The topological polar surface area (TPSA) is 202 Å². The number of carboxylic acid groups (broad SMARTS) is 1. The second-order valence-electron chi connectivity index (χ2n) is 10.7. The number of ketones is 3. The number of rotatable bonds is 15. The molecule has 13 heteroatoms. The number of amides is 2. The van der Waals surface area contributed by atoms with Gasteiger partial charge in [-0.25, -0.2) is 4.79 Å². The van der Waals surface area contributed by atoms with Crippen LogP contribution in [0.5, 0.6) is 0 Å². The van der Waals surface area contributed by atoms with Gasteiger partial charge < -0.3 is 35.5 Å². The largest absolute Gasteiger partial charge is 0.479 e. The van der Waals surface area contributed by atoms with E-state index >= 15 is 0 Å². The standard InChI is InChI=1S/C26H45N3O10/c1-12-14(4)17(27-9)18(32)26(13(2)3,29(11)20(34)16(6)31)22(36)24(7,28(10)19(33)15(5)30)21(35)25(8,39)23(37)38/h13-17,27,30-31,39H,12H2,1-11H3,(H,37,38)/t14-,15+,16+,17-,24-,25-,26+/m0/s1. The van der Waals surface area contributed by atoms with Gasteiger partial charge in [0.1, 0.15) is 12.2 Å². The zero-order chi connectivity index (χ0) is 31.4. The number of hydrogen-bond acceptors (Lipinski definition) is 10. The third-order valence-corrected chi connectivity index (χ3v) is 7.68. The van der Waals surface area contributed by atoms with E-state index in [1.807, 2.05) is 0 Å². The monoisotopic (exact) mass is 559 g/mol. The molecule has 0 aliphatic carbocycles. The number of carboxylic acids is 1. The van der Waals surface area contributed by atoms with Crippen molar-refractivity contribution in [2.24, 2.45) is 11.8 Å². The molecule has 5 N–H and O–H groups in total. The molecule has 0 heterocycles. The molecule has 7 atom stereocenters. The van der Waals surface area contributed by atoms with Crippen molar-refractivity contribution in [2.45, 2.75) is 96.7 Å². The second-order valence-corrected chi connectivity index (χ2v) is 10.7. The van der Waals surface area contributed by atoms with Crippen LogP contribution >= 0.6 is 0 Å². The summed E-state index contributed by atoms with van der Waals surface area (Å²) in [6.45, 7) is 9.98. The Kier molecular flexibility index (Phi) is 12.2. The molecule has 0 spiro atoms. The number of nitrogens with zero attached hydrogens (tertiary/aromatic N) is 2. The van der Waals surface area contributed by atoms with Crippen LogP contribution in [0.25, 0.3) is 0 Å². The molecule has 0 aromatic rings. The van der Waals surface area contributed by atoms with Crippen LogP contribution in [0.3, 0.4) is 0 Å². The van der Waals surface area contributed by atoms with E-state index in [1.54, 1.807) is 13.8 Å². The number of aliphatic hydroxyl groups is 3. The molecule has 0 bridgehead atoms. The van der Waals surface area contributed by atoms with Crippen molar-refractivity contribution < 1.29 is 49.2 Å². The molecule has 0 aliphatic heterocycles. The van der Waals surface area contributed by atoms with Gasteiger partial charge in [-0.2, -0.15) is 0 Å². The predicted octanol–water partition coefficient (Wildman–Crippen LogP) is -1.00. The molecule has 0 aromatic carbocycles. The van der Waals surface area contributed by atoms with Gasteiger partial charge >= 0.3 is 5.97 Å². The molecule has 224 valence electrons. The van der Waals surface area contributed by atoms with Crippen molar-refractivity contribution >= 4 is 35.1 Å². The van der Waals surface area contributed by atoms with Gasteiger partial charge in [0.15, 0.2) is 22.6 Å². The van der Waals surface area contributed by atoms with Crippen LogP contribution in [0.15, 0.2) is 0 Å². The third kappa shape index (κ3) is 6.21. The molecule has 39 heavy (non-hydrogen) atoms. The molecule has 0 rings (SSSR count). The van der Waals surface area contributed by atoms with E-state index in [9.17, 15) is 49.2 Å². The van der Waals surface area contributed by atoms with Crippen LogP contribution < -0.4 is 5.32 Å². The summed E-state index contributed by atoms with van der Waals surface area (Å²) < 4.78 is 0. The minimum atomic E-state index is -3.23. The summed E-state index contributed by atoms with van der Waals surface area (Å²) in [5.41, 5.74) is -8.68. The van der Waals surface area contributed by atoms with E-state index in [0.29, 0.717) is 23.1 Å². The maximum Gasteiger partial charge on any atom is 0.343 e. The number of nitrogens with one attached hydrogen (secondary N) is 1. The molecule has 0 unspecified atom stereocenters. The normalized spacial score (nSPS) is 19.4. The second kappa shape index (κ2) is 13.1. The first kappa shape index (κ1) is 36.3. The van der Waals surface area contributed by atoms with Crippen LogP contribution in [-0.4, -0.2) is 121 Å². The highest BCUT2D eigenvalue weighted by molar-refractivity contribution is 6.30. The lowest BCUT2D eigenvalue weighted by Crippen LogP contribution is -2.78. The van der Waals surface area contributed by atoms with Gasteiger partial charge in [0.25, 0.3) is 11.8 Å². The van der Waals surface area contributed by atoms with Gasteiger partial charge in [-0.05, 0) is 46.6 Å². The fourth-order valence-corrected chi connectivity index (χ4v) is 4.81. The first-order valence-corrected chi connectivity index (χ1v) is 12.8. The van der Waals surface area contributed by atoms with Crippen molar-refractivity contribution in [1.29, 1.82) is 0 Å². The number of carbonyl (C=O) groups is 6. The average Bonchev–Trinajstić information content (AvgIpc) is 2.85. The molecular formula is C26H45N3O10. The lowest BCUT2D eigenvalue weighted by molar-refractivity contribution is -0.178. The van der Waals surface area contributed by atoms with Gasteiger partial charge in [0.2, 0.25) is 11.4 Å². The zero-order valence-corrected chi connectivity index (χ0v) is 24.7. The van der Waals surface area contributed by atoms with Crippen LogP contribution in [0, 0.1) is 11.8 Å². The summed E-state index contributed by atoms with van der Waals surface area (Å²) in [4.78, 5) is 82.2. The number of carbonyl (C=O) groups excluding carboxylic acids is 5. The maximum atomic E-state index is 14.8. The lowest BCUT2D eigenvalue weighted by Gasteiger charge is -2.50. The van der Waals surface area contributed by atoms with Crippen LogP contribution in [0.1, 0.15) is 61.8 Å². The smallest absolute Gasteiger partial charge is 0.343 e. The number of aliphatic hydroxyl groups excluding tert-OH is 2. The Morgan fingerprint density at radius 2 is 1.23 bits per heavy atom. The van der Waals surface area contributed by atoms with Gasteiger partial charge in [-0.15, -0.1) is 0 Å². The van der Waals surface area contributed by atoms with Crippen molar-refractivity contribution in [3.05, 3.63) is 0 Å². The first-order valence-electron chi connectivity index (χ1n) is 12.8. The quantitative estimate of drug-likeness (QED) is 0.154. The Labute approximate surface area is 229 Å². The van der Waals surface area contributed by atoms with Crippen molar-refractivity contribution in [3.8, 4) is 0 Å². The minimum Gasteiger partial charge on any atom is -0.479 e. The number of aliphatic carboxylic acids is 1. The van der Waals surface area contributed by atoms with Crippen molar-refractivity contribution in [3.63, 3.8) is 0 Å². The molecule has 2 amide bonds. The molecule has 0 saturated heterocycles. The average molecular weight is 560 g/mol. The fraction of sp³-hybridized carbons (Fsp3) is 0.769. The summed E-state index contributed by atoms with van der Waals surface area (Å²) in [5.74, 6) is -9.72. The first-order chi connectivity index (χ1) is 17.6. The molecule has 0 aromatic heterocycles. The molecule has 0 radical (unpaired) electrons. The summed E-state index contributed by atoms with van der Waals surface area (Å²) in [5, 5.41) is 43.2. The Hall–Kier alpha value is -2.74. The summed E-state index contributed by atoms with van der Waals surface area (Å²) in [7, 11) is 3.49. The van der Waals surface area contributed by atoms with E-state index < -0.39 is 81.9 Å². The van der Waals surface area contributed by atoms with Crippen molar-refractivity contribution in [2.75, 3.05) is 21.1 Å². The maximum absolute atomic E-state index is 14.8. The van der Waals surface area contributed by atoms with E-state index in [1.165, 1.54) is 20.9 Å². The third-order valence-electron chi connectivity index (χ3n) is 7.68. The lowest BCUT2D eigenvalue weighted by atomic mass is 9.65. The fourth-order valence-electron chi connectivity index (χ4n) is 4.81. The van der Waals surface area contributed by atoms with E-state index in [-0.39, 0.29) is 0 Å². The summed E-state index contributed by atoms with van der Waals surface area (Å²) in [6, 6.07) is -1.07. The molecule has 0 saturated carbocycles. The number of hydrogen-bond donors (Lipinski definition) is 5. The van der Waals surface area contributed by atoms with E-state index in [2.05, 4.69) is 5.32 Å². The zero-order valence-electron chi connectivity index (χ0n) is 24.7. The van der Waals surface area contributed by atoms with Crippen LogP contribution in [-0.2, 0) is 28.8 Å². The molecule has 13 nitrogen and oxygen atoms in total. The minimum absolute atomic E-state index is 0.399. The summed E-state index contributed by atoms with van der Waals surface area (Å²) in [6.07, 6.45) is -3.00.